The summed E-state index contributed by atoms with van der Waals surface area (Å²) >= 11 is 0. The first kappa shape index (κ1) is 12.0. The van der Waals surface area contributed by atoms with Crippen LogP contribution in [0.2, 0.25) is 0 Å². The van der Waals surface area contributed by atoms with E-state index in [1.165, 1.54) is 51.6 Å². The van der Waals surface area contributed by atoms with Crippen molar-refractivity contribution in [3.63, 3.8) is 0 Å². The van der Waals surface area contributed by atoms with Gasteiger partial charge in [0, 0.05) is 6.04 Å². The largest absolute Gasteiger partial charge is 0.320 e. The average Bonchev–Trinajstić information content (AvgIpc) is 2.43. The van der Waals surface area contributed by atoms with Crippen molar-refractivity contribution in [3.05, 3.63) is 0 Å². The van der Waals surface area contributed by atoms with Gasteiger partial charge in [-0.05, 0) is 52.4 Å². The number of nitrogens with zero attached hydrogens (tertiary/aromatic N) is 1. The van der Waals surface area contributed by atoms with Crippen molar-refractivity contribution >= 4 is 0 Å². The smallest absolute Gasteiger partial charge is 0.00926 e. The molecular formula is C12H26N2. The van der Waals surface area contributed by atoms with E-state index in [4.69, 9.17) is 0 Å². The Kier molecular flexibility index (Phi) is 6.20. The van der Waals surface area contributed by atoms with Crippen molar-refractivity contribution in [3.8, 4) is 0 Å². The van der Waals surface area contributed by atoms with Crippen LogP contribution in [0, 0.1) is 0 Å². The zero-order chi connectivity index (χ0) is 10.2. The van der Waals surface area contributed by atoms with E-state index in [-0.39, 0.29) is 0 Å². The number of rotatable bonds is 5. The first-order valence-electron chi connectivity index (χ1n) is 6.27. The summed E-state index contributed by atoms with van der Waals surface area (Å²) in [5, 5.41) is 3.23. The topological polar surface area (TPSA) is 15.3 Å². The lowest BCUT2D eigenvalue weighted by molar-refractivity contribution is 0.192. The molecule has 1 saturated heterocycles. The molecule has 0 spiro atoms. The quantitative estimate of drug-likeness (QED) is 0.682. The van der Waals surface area contributed by atoms with Gasteiger partial charge in [0.2, 0.25) is 0 Å². The van der Waals surface area contributed by atoms with Gasteiger partial charge < -0.3 is 10.2 Å². The summed E-state index contributed by atoms with van der Waals surface area (Å²) in [7, 11) is 2.04. The van der Waals surface area contributed by atoms with E-state index in [2.05, 4.69) is 17.1 Å². The highest BCUT2D eigenvalue weighted by Crippen LogP contribution is 2.18. The molecular weight excluding hydrogens is 172 g/mol. The summed E-state index contributed by atoms with van der Waals surface area (Å²) < 4.78 is 0. The average molecular weight is 198 g/mol. The predicted molar refractivity (Wildman–Crippen MR) is 62.7 cm³/mol. The Balaban J connectivity index is 2.28. The van der Waals surface area contributed by atoms with Crippen molar-refractivity contribution in [2.24, 2.45) is 0 Å². The number of hydrogen-bond donors (Lipinski definition) is 1. The predicted octanol–water partition coefficient (Wildman–Crippen LogP) is 2.25. The number of nitrogens with one attached hydrogen (secondary N) is 1. The molecule has 1 aliphatic heterocycles. The van der Waals surface area contributed by atoms with Gasteiger partial charge in [-0.1, -0.05) is 19.8 Å². The molecule has 1 atom stereocenters. The van der Waals surface area contributed by atoms with E-state index in [1.54, 1.807) is 0 Å². The highest BCUT2D eigenvalue weighted by Gasteiger charge is 2.18. The Bertz CT molecular complexity index is 136. The van der Waals surface area contributed by atoms with Gasteiger partial charge in [-0.25, -0.2) is 0 Å². The first-order valence-corrected chi connectivity index (χ1v) is 6.27. The molecule has 1 N–H and O–H groups in total. The minimum absolute atomic E-state index is 0.870. The van der Waals surface area contributed by atoms with Crippen LogP contribution in [0.4, 0.5) is 0 Å². The molecule has 0 aromatic rings. The van der Waals surface area contributed by atoms with Crippen molar-refractivity contribution in [2.75, 3.05) is 26.7 Å². The van der Waals surface area contributed by atoms with E-state index >= 15 is 0 Å². The van der Waals surface area contributed by atoms with E-state index in [0.29, 0.717) is 0 Å². The van der Waals surface area contributed by atoms with Crippen LogP contribution in [-0.2, 0) is 0 Å². The summed E-state index contributed by atoms with van der Waals surface area (Å²) in [6, 6.07) is 0.870. The molecule has 1 heterocycles. The second-order valence-corrected chi connectivity index (χ2v) is 4.40. The molecule has 1 rings (SSSR count). The molecule has 0 aliphatic carbocycles. The molecule has 2 nitrogen and oxygen atoms in total. The minimum Gasteiger partial charge on any atom is -0.320 e. The lowest BCUT2D eigenvalue weighted by atomic mass is 10.1. The van der Waals surface area contributed by atoms with Crippen LogP contribution < -0.4 is 5.32 Å². The van der Waals surface area contributed by atoms with Gasteiger partial charge in [-0.2, -0.15) is 0 Å². The summed E-state index contributed by atoms with van der Waals surface area (Å²) in [6.07, 6.45) is 8.36. The molecule has 2 heteroatoms. The number of hydrogen-bond acceptors (Lipinski definition) is 2. The van der Waals surface area contributed by atoms with Gasteiger partial charge in [0.05, 0.1) is 0 Å². The summed E-state index contributed by atoms with van der Waals surface area (Å²) in [5.74, 6) is 0. The zero-order valence-corrected chi connectivity index (χ0v) is 9.89. The molecule has 1 unspecified atom stereocenters. The van der Waals surface area contributed by atoms with Crippen LogP contribution in [0.25, 0.3) is 0 Å². The van der Waals surface area contributed by atoms with Crippen molar-refractivity contribution in [1.29, 1.82) is 0 Å². The molecule has 1 aliphatic rings. The summed E-state index contributed by atoms with van der Waals surface area (Å²) in [6.45, 7) is 6.12. The third-order valence-electron chi connectivity index (χ3n) is 3.34. The zero-order valence-electron chi connectivity index (χ0n) is 9.89. The van der Waals surface area contributed by atoms with Crippen LogP contribution in [0.15, 0.2) is 0 Å². The molecule has 1 fully saturated rings. The highest BCUT2D eigenvalue weighted by molar-refractivity contribution is 4.74. The van der Waals surface area contributed by atoms with Crippen molar-refractivity contribution < 1.29 is 0 Å². The molecule has 0 radical (unpaired) electrons. The third kappa shape index (κ3) is 3.97. The molecule has 84 valence electrons. The minimum atomic E-state index is 0.870. The fourth-order valence-corrected chi connectivity index (χ4v) is 2.45. The molecule has 14 heavy (non-hydrogen) atoms. The van der Waals surface area contributed by atoms with E-state index < -0.39 is 0 Å². The summed E-state index contributed by atoms with van der Waals surface area (Å²) in [4.78, 5) is 2.71. The summed E-state index contributed by atoms with van der Waals surface area (Å²) in [5.41, 5.74) is 0. The van der Waals surface area contributed by atoms with Gasteiger partial charge in [0.25, 0.3) is 0 Å². The van der Waals surface area contributed by atoms with E-state index in [0.717, 1.165) is 12.6 Å². The van der Waals surface area contributed by atoms with Crippen molar-refractivity contribution in [2.45, 2.75) is 51.5 Å². The van der Waals surface area contributed by atoms with Crippen molar-refractivity contribution in [1.82, 2.24) is 10.2 Å². The Morgan fingerprint density at radius 1 is 1.29 bits per heavy atom. The molecule has 0 bridgehead atoms. The maximum absolute atomic E-state index is 3.23. The Morgan fingerprint density at radius 2 is 2.14 bits per heavy atom. The fraction of sp³-hybridized carbons (Fsp3) is 1.00. The van der Waals surface area contributed by atoms with Gasteiger partial charge in [0.15, 0.2) is 0 Å². The normalized spacial score (nSPS) is 24.9. The standard InChI is InChI=1S/C12H26N2/c1-3-12-8-5-4-6-10-14(12)11-7-9-13-2/h12-13H,3-11H2,1-2H3. The second kappa shape index (κ2) is 7.24. The first-order chi connectivity index (χ1) is 6.88. The molecule has 0 amide bonds. The molecule has 0 saturated carbocycles. The Morgan fingerprint density at radius 3 is 2.86 bits per heavy atom. The number of likely N-dealkylation sites (tertiary alicyclic amines) is 1. The van der Waals surface area contributed by atoms with Crippen LogP contribution in [-0.4, -0.2) is 37.6 Å². The van der Waals surface area contributed by atoms with E-state index in [9.17, 15) is 0 Å². The van der Waals surface area contributed by atoms with Crippen LogP contribution in [0.5, 0.6) is 0 Å². The Labute approximate surface area is 89.1 Å². The Hall–Kier alpha value is -0.0800. The van der Waals surface area contributed by atoms with Crippen LogP contribution >= 0.6 is 0 Å². The molecule has 0 aromatic heterocycles. The van der Waals surface area contributed by atoms with Gasteiger partial charge in [0.1, 0.15) is 0 Å². The fourth-order valence-electron chi connectivity index (χ4n) is 2.45. The lowest BCUT2D eigenvalue weighted by Crippen LogP contribution is -2.36. The lowest BCUT2D eigenvalue weighted by Gasteiger charge is -2.29. The van der Waals surface area contributed by atoms with Crippen LogP contribution in [0.1, 0.15) is 45.4 Å². The SMILES string of the molecule is CCC1CCCCCN1CCCNC. The highest BCUT2D eigenvalue weighted by atomic mass is 15.2. The third-order valence-corrected chi connectivity index (χ3v) is 3.34. The van der Waals surface area contributed by atoms with Crippen LogP contribution in [0.3, 0.4) is 0 Å². The van der Waals surface area contributed by atoms with E-state index in [1.807, 2.05) is 7.05 Å². The van der Waals surface area contributed by atoms with Gasteiger partial charge in [-0.15, -0.1) is 0 Å². The molecule has 0 aromatic carbocycles. The monoisotopic (exact) mass is 198 g/mol. The van der Waals surface area contributed by atoms with Gasteiger partial charge in [-0.3, -0.25) is 0 Å². The second-order valence-electron chi connectivity index (χ2n) is 4.40. The maximum atomic E-state index is 3.23. The van der Waals surface area contributed by atoms with Gasteiger partial charge >= 0.3 is 0 Å². The maximum Gasteiger partial charge on any atom is 0.00926 e.